The highest BCUT2D eigenvalue weighted by molar-refractivity contribution is 8.00. The average molecular weight is 374 g/mol. The molecule has 2 heterocycles. The van der Waals surface area contributed by atoms with Crippen LogP contribution < -0.4 is 0 Å². The Morgan fingerprint density at radius 1 is 1.15 bits per heavy atom. The number of aliphatic hydroxyl groups excluding tert-OH is 1. The number of benzene rings is 1. The van der Waals surface area contributed by atoms with E-state index < -0.39 is 6.10 Å². The van der Waals surface area contributed by atoms with Crippen molar-refractivity contribution in [3.8, 4) is 5.75 Å². The minimum atomic E-state index is -0.641. The number of rotatable bonds is 5. The van der Waals surface area contributed by atoms with Crippen LogP contribution in [0.25, 0.3) is 0 Å². The van der Waals surface area contributed by atoms with E-state index in [2.05, 4.69) is 9.88 Å². The normalized spacial score (nSPS) is 26.8. The fourth-order valence-corrected chi connectivity index (χ4v) is 5.62. The highest BCUT2D eigenvalue weighted by Crippen LogP contribution is 2.45. The lowest BCUT2D eigenvalue weighted by Crippen LogP contribution is -2.28. The van der Waals surface area contributed by atoms with Gasteiger partial charge in [-0.05, 0) is 48.9 Å². The summed E-state index contributed by atoms with van der Waals surface area (Å²) < 4.78 is 13.8. The van der Waals surface area contributed by atoms with Crippen LogP contribution in [0.2, 0.25) is 0 Å². The number of hydrogen-bond acceptors (Lipinski definition) is 5. The maximum atomic E-state index is 13.8. The Bertz CT molecular complexity index is 744. The minimum absolute atomic E-state index is 0.107. The van der Waals surface area contributed by atoms with Gasteiger partial charge in [-0.25, -0.2) is 4.39 Å². The summed E-state index contributed by atoms with van der Waals surface area (Å²) in [6.45, 7) is 2.53. The first kappa shape index (κ1) is 17.8. The number of fused-ring (bicyclic) bond motifs is 1. The van der Waals surface area contributed by atoms with E-state index in [4.69, 9.17) is 0 Å². The highest BCUT2D eigenvalue weighted by Gasteiger charge is 2.41. The second-order valence-corrected chi connectivity index (χ2v) is 8.68. The van der Waals surface area contributed by atoms with Crippen LogP contribution in [-0.4, -0.2) is 45.0 Å². The van der Waals surface area contributed by atoms with Crippen LogP contribution in [-0.2, 0) is 0 Å². The number of aliphatic hydroxyl groups is 1. The van der Waals surface area contributed by atoms with Gasteiger partial charge in [-0.3, -0.25) is 9.88 Å². The predicted octanol–water partition coefficient (Wildman–Crippen LogP) is 3.46. The van der Waals surface area contributed by atoms with Crippen LogP contribution in [0.4, 0.5) is 4.39 Å². The zero-order valence-corrected chi connectivity index (χ0v) is 15.3. The monoisotopic (exact) mass is 374 g/mol. The van der Waals surface area contributed by atoms with E-state index in [1.165, 1.54) is 12.3 Å². The van der Waals surface area contributed by atoms with Crippen molar-refractivity contribution in [1.29, 1.82) is 0 Å². The lowest BCUT2D eigenvalue weighted by molar-refractivity contribution is 0.118. The molecule has 1 unspecified atom stereocenters. The van der Waals surface area contributed by atoms with Gasteiger partial charge < -0.3 is 10.2 Å². The fourth-order valence-electron chi connectivity index (χ4n) is 4.24. The van der Waals surface area contributed by atoms with E-state index in [1.807, 2.05) is 12.1 Å². The van der Waals surface area contributed by atoms with Crippen molar-refractivity contribution in [2.45, 2.75) is 29.1 Å². The molecule has 2 aromatic rings. The summed E-state index contributed by atoms with van der Waals surface area (Å²) >= 11 is 1.67. The fraction of sp³-hybridized carbons (Fsp3) is 0.450. The van der Waals surface area contributed by atoms with Crippen LogP contribution in [0.1, 0.15) is 24.6 Å². The SMILES string of the molecule is Oc1ccc(C(O)CN2C[C@H]3C[C@H](Sc4ccccc4F)C[C@H]3C2)nc1. The van der Waals surface area contributed by atoms with Crippen molar-refractivity contribution < 1.29 is 14.6 Å². The summed E-state index contributed by atoms with van der Waals surface area (Å²) in [5.41, 5.74) is 0.591. The van der Waals surface area contributed by atoms with Crippen LogP contribution in [0.5, 0.6) is 5.75 Å². The first-order valence-corrected chi connectivity index (χ1v) is 9.93. The third-order valence-electron chi connectivity index (χ3n) is 5.46. The second-order valence-electron chi connectivity index (χ2n) is 7.34. The summed E-state index contributed by atoms with van der Waals surface area (Å²) in [6.07, 6.45) is 2.93. The highest BCUT2D eigenvalue weighted by atomic mass is 32.2. The molecule has 4 rings (SSSR count). The Morgan fingerprint density at radius 2 is 1.88 bits per heavy atom. The summed E-state index contributed by atoms with van der Waals surface area (Å²) in [7, 11) is 0. The molecule has 1 aromatic carbocycles. The molecular weight excluding hydrogens is 351 g/mol. The number of pyridine rings is 1. The molecule has 2 fully saturated rings. The van der Waals surface area contributed by atoms with Gasteiger partial charge in [-0.15, -0.1) is 11.8 Å². The van der Waals surface area contributed by atoms with E-state index in [0.717, 1.165) is 30.8 Å². The molecule has 2 aliphatic rings. The van der Waals surface area contributed by atoms with Crippen LogP contribution in [0, 0.1) is 17.7 Å². The molecule has 4 nitrogen and oxygen atoms in total. The molecule has 1 aliphatic carbocycles. The van der Waals surface area contributed by atoms with E-state index in [0.29, 0.717) is 29.3 Å². The molecule has 1 saturated heterocycles. The van der Waals surface area contributed by atoms with Gasteiger partial charge in [-0.2, -0.15) is 0 Å². The van der Waals surface area contributed by atoms with Crippen LogP contribution >= 0.6 is 11.8 Å². The van der Waals surface area contributed by atoms with Crippen molar-refractivity contribution in [2.24, 2.45) is 11.8 Å². The molecular formula is C20H23FN2O2S. The Balaban J connectivity index is 1.29. The van der Waals surface area contributed by atoms with Crippen molar-refractivity contribution in [1.82, 2.24) is 9.88 Å². The van der Waals surface area contributed by atoms with Gasteiger partial charge in [0.2, 0.25) is 0 Å². The maximum absolute atomic E-state index is 13.8. The number of β-amino-alcohol motifs (C(OH)–C–C–N with tert-alkyl or cyclic N) is 1. The van der Waals surface area contributed by atoms with Crippen molar-refractivity contribution >= 4 is 11.8 Å². The van der Waals surface area contributed by atoms with Crippen LogP contribution in [0.3, 0.4) is 0 Å². The molecule has 0 bridgehead atoms. The number of hydrogen-bond donors (Lipinski definition) is 2. The Hall–Kier alpha value is -1.63. The largest absolute Gasteiger partial charge is 0.506 e. The van der Waals surface area contributed by atoms with E-state index in [9.17, 15) is 14.6 Å². The first-order valence-electron chi connectivity index (χ1n) is 9.05. The van der Waals surface area contributed by atoms with Gasteiger partial charge in [0.1, 0.15) is 17.7 Å². The van der Waals surface area contributed by atoms with E-state index in [-0.39, 0.29) is 11.6 Å². The third-order valence-corrected chi connectivity index (χ3v) is 6.76. The molecule has 4 atom stereocenters. The van der Waals surface area contributed by atoms with Gasteiger partial charge >= 0.3 is 0 Å². The smallest absolute Gasteiger partial charge is 0.136 e. The standard InChI is InChI=1S/C20H23FN2O2S/c21-17-3-1-2-4-20(17)26-16-7-13-10-23(11-14(13)8-16)12-19(25)18-6-5-15(24)9-22-18/h1-6,9,13-14,16,19,24-25H,7-8,10-12H2/t13-,14+,16+,19?. The number of aromatic hydroxyl groups is 1. The number of thioether (sulfide) groups is 1. The maximum Gasteiger partial charge on any atom is 0.136 e. The molecule has 1 aromatic heterocycles. The number of nitrogens with zero attached hydrogens (tertiary/aromatic N) is 2. The molecule has 26 heavy (non-hydrogen) atoms. The molecule has 0 radical (unpaired) electrons. The third kappa shape index (κ3) is 3.87. The van der Waals surface area contributed by atoms with Crippen molar-refractivity contribution in [3.05, 3.63) is 54.1 Å². The minimum Gasteiger partial charge on any atom is -0.506 e. The van der Waals surface area contributed by atoms with Gasteiger partial charge in [0.15, 0.2) is 0 Å². The van der Waals surface area contributed by atoms with Gasteiger partial charge in [0, 0.05) is 29.8 Å². The number of halogens is 1. The van der Waals surface area contributed by atoms with Crippen LogP contribution in [0.15, 0.2) is 47.5 Å². The van der Waals surface area contributed by atoms with E-state index >= 15 is 0 Å². The Labute approximate surface area is 157 Å². The quantitative estimate of drug-likeness (QED) is 0.839. The predicted molar refractivity (Wildman–Crippen MR) is 99.6 cm³/mol. The lowest BCUT2D eigenvalue weighted by atomic mass is 10.0. The topological polar surface area (TPSA) is 56.6 Å². The Kier molecular flexibility index (Phi) is 5.16. The number of aromatic nitrogens is 1. The molecule has 1 aliphatic heterocycles. The summed E-state index contributed by atoms with van der Waals surface area (Å²) in [5.74, 6) is 1.23. The van der Waals surface area contributed by atoms with Gasteiger partial charge in [0.05, 0.1) is 11.9 Å². The van der Waals surface area contributed by atoms with Crippen molar-refractivity contribution in [2.75, 3.05) is 19.6 Å². The molecule has 2 N–H and O–H groups in total. The molecule has 0 amide bonds. The average Bonchev–Trinajstić information content (AvgIpc) is 3.15. The second kappa shape index (κ2) is 7.55. The lowest BCUT2D eigenvalue weighted by Gasteiger charge is -2.21. The number of likely N-dealkylation sites (tertiary alicyclic amines) is 1. The summed E-state index contributed by atoms with van der Waals surface area (Å²) in [4.78, 5) is 7.15. The Morgan fingerprint density at radius 3 is 2.54 bits per heavy atom. The van der Waals surface area contributed by atoms with Crippen molar-refractivity contribution in [3.63, 3.8) is 0 Å². The molecule has 0 spiro atoms. The van der Waals surface area contributed by atoms with Gasteiger partial charge in [-0.1, -0.05) is 12.1 Å². The molecule has 138 valence electrons. The zero-order chi connectivity index (χ0) is 18.1. The zero-order valence-electron chi connectivity index (χ0n) is 14.5. The molecule has 1 saturated carbocycles. The summed E-state index contributed by atoms with van der Waals surface area (Å²) in [6, 6.07) is 10.2. The van der Waals surface area contributed by atoms with E-state index in [1.54, 1.807) is 30.0 Å². The van der Waals surface area contributed by atoms with Gasteiger partial charge in [0.25, 0.3) is 0 Å². The first-order chi connectivity index (χ1) is 12.6. The molecule has 6 heteroatoms. The summed E-state index contributed by atoms with van der Waals surface area (Å²) in [5, 5.41) is 20.2.